The average molecular weight is 274 g/mol. The molecule has 0 aliphatic heterocycles. The molecule has 0 radical (unpaired) electrons. The first-order valence-electron chi connectivity index (χ1n) is 6.12. The summed E-state index contributed by atoms with van der Waals surface area (Å²) >= 11 is 0. The number of aromatic amines is 1. The molecular formula is C14H14N2O4. The number of fused-ring (bicyclic) bond motifs is 1. The van der Waals surface area contributed by atoms with E-state index in [0.717, 1.165) is 0 Å². The molecule has 0 saturated carbocycles. The molecule has 0 fully saturated rings. The second-order valence-electron chi connectivity index (χ2n) is 4.53. The summed E-state index contributed by atoms with van der Waals surface area (Å²) in [6, 6.07) is 6.87. The molecule has 6 heteroatoms. The number of H-pyrrole nitrogens is 1. The molecule has 20 heavy (non-hydrogen) atoms. The van der Waals surface area contributed by atoms with E-state index in [9.17, 15) is 14.4 Å². The van der Waals surface area contributed by atoms with Crippen LogP contribution < -0.4 is 10.7 Å². The van der Waals surface area contributed by atoms with Crippen LogP contribution in [0.4, 0.5) is 0 Å². The lowest BCUT2D eigenvalue weighted by Gasteiger charge is -2.08. The summed E-state index contributed by atoms with van der Waals surface area (Å²) in [5.41, 5.74) is 0.245. The van der Waals surface area contributed by atoms with Crippen molar-refractivity contribution >= 4 is 22.8 Å². The van der Waals surface area contributed by atoms with Crippen LogP contribution in [0.3, 0.4) is 0 Å². The van der Waals surface area contributed by atoms with E-state index in [0.29, 0.717) is 10.9 Å². The van der Waals surface area contributed by atoms with Gasteiger partial charge in [-0.05, 0) is 12.1 Å². The molecule has 1 amide bonds. The topological polar surface area (TPSA) is 99.3 Å². The van der Waals surface area contributed by atoms with Crippen molar-refractivity contribution < 1.29 is 14.7 Å². The van der Waals surface area contributed by atoms with Crippen LogP contribution in [0.15, 0.2) is 35.3 Å². The van der Waals surface area contributed by atoms with Gasteiger partial charge in [-0.25, -0.2) is 0 Å². The highest BCUT2D eigenvalue weighted by Crippen LogP contribution is 2.07. The highest BCUT2D eigenvalue weighted by molar-refractivity contribution is 5.97. The summed E-state index contributed by atoms with van der Waals surface area (Å²) in [5.74, 6) is -2.29. The number of rotatable bonds is 4. The Kier molecular flexibility index (Phi) is 3.84. The number of benzene rings is 1. The number of nitrogens with one attached hydrogen (secondary N) is 2. The predicted molar refractivity (Wildman–Crippen MR) is 73.7 cm³/mol. The van der Waals surface area contributed by atoms with Gasteiger partial charge in [0.25, 0.3) is 5.91 Å². The van der Waals surface area contributed by atoms with Crippen LogP contribution >= 0.6 is 0 Å². The number of hydrogen-bond acceptors (Lipinski definition) is 3. The van der Waals surface area contributed by atoms with Crippen LogP contribution in [0.1, 0.15) is 17.3 Å². The molecule has 0 saturated heterocycles. The number of pyridine rings is 1. The standard InChI is InChI=1S/C14H14N2O4/c1-8(14(19)20)6-16-13(18)10-7-15-11-5-3-2-4-9(11)12(10)17/h2-5,7-8H,6H2,1H3,(H,15,17)(H,16,18)(H,19,20). The number of carbonyl (C=O) groups is 2. The second kappa shape index (κ2) is 5.56. The van der Waals surface area contributed by atoms with Gasteiger partial charge < -0.3 is 15.4 Å². The molecule has 1 unspecified atom stereocenters. The molecule has 1 heterocycles. The van der Waals surface area contributed by atoms with Gasteiger partial charge in [0.1, 0.15) is 5.56 Å². The number of hydrogen-bond donors (Lipinski definition) is 3. The first kappa shape index (κ1) is 13.8. The maximum absolute atomic E-state index is 12.2. The molecule has 0 bridgehead atoms. The normalized spacial score (nSPS) is 12.1. The monoisotopic (exact) mass is 274 g/mol. The number of para-hydroxylation sites is 1. The molecule has 0 spiro atoms. The zero-order valence-corrected chi connectivity index (χ0v) is 10.8. The fourth-order valence-corrected chi connectivity index (χ4v) is 1.76. The van der Waals surface area contributed by atoms with Crippen molar-refractivity contribution in [2.24, 2.45) is 5.92 Å². The molecule has 0 aliphatic rings. The maximum atomic E-state index is 12.2. The van der Waals surface area contributed by atoms with Crippen molar-refractivity contribution in [2.75, 3.05) is 6.54 Å². The largest absolute Gasteiger partial charge is 0.481 e. The molecule has 1 aromatic carbocycles. The summed E-state index contributed by atoms with van der Waals surface area (Å²) in [6.45, 7) is 1.45. The Morgan fingerprint density at radius 3 is 2.75 bits per heavy atom. The van der Waals surface area contributed by atoms with Crippen LogP contribution in [-0.4, -0.2) is 28.5 Å². The van der Waals surface area contributed by atoms with Gasteiger partial charge in [-0.1, -0.05) is 19.1 Å². The van der Waals surface area contributed by atoms with Crippen molar-refractivity contribution in [3.05, 3.63) is 46.2 Å². The number of carbonyl (C=O) groups excluding carboxylic acids is 1. The molecule has 1 atom stereocenters. The summed E-state index contributed by atoms with van der Waals surface area (Å²) in [4.78, 5) is 37.6. The van der Waals surface area contributed by atoms with Gasteiger partial charge in [0, 0.05) is 23.6 Å². The van der Waals surface area contributed by atoms with E-state index in [2.05, 4.69) is 10.3 Å². The van der Waals surface area contributed by atoms with Crippen molar-refractivity contribution in [1.82, 2.24) is 10.3 Å². The Balaban J connectivity index is 2.25. The molecule has 2 rings (SSSR count). The zero-order chi connectivity index (χ0) is 14.7. The first-order valence-corrected chi connectivity index (χ1v) is 6.12. The Labute approximate surface area is 114 Å². The van der Waals surface area contributed by atoms with E-state index in [4.69, 9.17) is 5.11 Å². The SMILES string of the molecule is CC(CNC(=O)c1c[nH]c2ccccc2c1=O)C(=O)O. The van der Waals surface area contributed by atoms with Gasteiger partial charge >= 0.3 is 5.97 Å². The van der Waals surface area contributed by atoms with Crippen LogP contribution in [0.25, 0.3) is 10.9 Å². The molecule has 0 aliphatic carbocycles. The van der Waals surface area contributed by atoms with E-state index >= 15 is 0 Å². The molecule has 104 valence electrons. The Bertz CT molecular complexity index is 720. The van der Waals surface area contributed by atoms with Crippen LogP contribution in [-0.2, 0) is 4.79 Å². The number of carboxylic acid groups (broad SMARTS) is 1. The quantitative estimate of drug-likeness (QED) is 0.773. The first-order chi connectivity index (χ1) is 9.50. The molecule has 1 aromatic heterocycles. The van der Waals surface area contributed by atoms with E-state index in [-0.39, 0.29) is 17.5 Å². The molecule has 2 aromatic rings. The average Bonchev–Trinajstić information content (AvgIpc) is 2.45. The van der Waals surface area contributed by atoms with E-state index < -0.39 is 17.8 Å². The highest BCUT2D eigenvalue weighted by Gasteiger charge is 2.16. The van der Waals surface area contributed by atoms with Crippen molar-refractivity contribution in [2.45, 2.75) is 6.92 Å². The highest BCUT2D eigenvalue weighted by atomic mass is 16.4. The molecule has 6 nitrogen and oxygen atoms in total. The lowest BCUT2D eigenvalue weighted by molar-refractivity contribution is -0.140. The van der Waals surface area contributed by atoms with Crippen LogP contribution in [0.5, 0.6) is 0 Å². The zero-order valence-electron chi connectivity index (χ0n) is 10.8. The number of aliphatic carboxylic acids is 1. The second-order valence-corrected chi connectivity index (χ2v) is 4.53. The Hall–Kier alpha value is -2.63. The Morgan fingerprint density at radius 2 is 2.05 bits per heavy atom. The minimum Gasteiger partial charge on any atom is -0.481 e. The van der Waals surface area contributed by atoms with Gasteiger partial charge in [-0.3, -0.25) is 14.4 Å². The summed E-state index contributed by atoms with van der Waals surface area (Å²) < 4.78 is 0. The lowest BCUT2D eigenvalue weighted by Crippen LogP contribution is -2.34. The van der Waals surface area contributed by atoms with E-state index in [1.807, 2.05) is 0 Å². The fourth-order valence-electron chi connectivity index (χ4n) is 1.76. The number of aromatic nitrogens is 1. The fraction of sp³-hybridized carbons (Fsp3) is 0.214. The number of amides is 1. The van der Waals surface area contributed by atoms with Gasteiger partial charge in [0.05, 0.1) is 5.92 Å². The van der Waals surface area contributed by atoms with Gasteiger partial charge in [-0.2, -0.15) is 0 Å². The van der Waals surface area contributed by atoms with E-state index in [1.54, 1.807) is 24.3 Å². The summed E-state index contributed by atoms with van der Waals surface area (Å²) in [7, 11) is 0. The third-order valence-corrected chi connectivity index (χ3v) is 3.02. The lowest BCUT2D eigenvalue weighted by atomic mass is 10.1. The van der Waals surface area contributed by atoms with Crippen molar-refractivity contribution in [3.8, 4) is 0 Å². The maximum Gasteiger partial charge on any atom is 0.308 e. The van der Waals surface area contributed by atoms with Gasteiger partial charge in [0.15, 0.2) is 0 Å². The van der Waals surface area contributed by atoms with Crippen LogP contribution in [0.2, 0.25) is 0 Å². The minimum atomic E-state index is -1.00. The van der Waals surface area contributed by atoms with Gasteiger partial charge in [-0.15, -0.1) is 0 Å². The third kappa shape index (κ3) is 2.69. The van der Waals surface area contributed by atoms with Crippen LogP contribution in [0, 0.1) is 5.92 Å². The smallest absolute Gasteiger partial charge is 0.308 e. The minimum absolute atomic E-state index is 0.0266. The molecular weight excluding hydrogens is 260 g/mol. The summed E-state index contributed by atoms with van der Waals surface area (Å²) in [5, 5.41) is 11.6. The Morgan fingerprint density at radius 1 is 1.35 bits per heavy atom. The van der Waals surface area contributed by atoms with Gasteiger partial charge in [0.2, 0.25) is 5.43 Å². The third-order valence-electron chi connectivity index (χ3n) is 3.02. The molecule has 3 N–H and O–H groups in total. The van der Waals surface area contributed by atoms with E-state index in [1.165, 1.54) is 13.1 Å². The van der Waals surface area contributed by atoms with Crippen molar-refractivity contribution in [3.63, 3.8) is 0 Å². The number of carboxylic acids is 1. The summed E-state index contributed by atoms with van der Waals surface area (Å²) in [6.07, 6.45) is 1.34. The predicted octanol–water partition coefficient (Wildman–Crippen LogP) is 0.979. The van der Waals surface area contributed by atoms with Crippen molar-refractivity contribution in [1.29, 1.82) is 0 Å².